The van der Waals surface area contributed by atoms with Gasteiger partial charge >= 0.3 is 0 Å². The van der Waals surface area contributed by atoms with E-state index in [1.807, 2.05) is 0 Å². The summed E-state index contributed by atoms with van der Waals surface area (Å²) in [6.07, 6.45) is -5.83. The van der Waals surface area contributed by atoms with Crippen molar-refractivity contribution < 1.29 is 39.0 Å². The van der Waals surface area contributed by atoms with Gasteiger partial charge in [-0.3, -0.25) is 20.2 Å². The number of hydrogen-bond acceptors (Lipinski definition) is 10. The van der Waals surface area contributed by atoms with Crippen molar-refractivity contribution >= 4 is 11.4 Å². The zero-order chi connectivity index (χ0) is 22.8. The molecule has 12 nitrogen and oxygen atoms in total. The SMILES string of the molecule is O=[N+]([O-])c1cccc(C2O[C@H]([C@@H](O)CO)[C@@H]([C@H]3COC(c4cccc([N+](=O)[O-])c4)O3)O2)c1. The lowest BCUT2D eigenvalue weighted by molar-refractivity contribution is -0.385. The smallest absolute Gasteiger partial charge is 0.269 e. The summed E-state index contributed by atoms with van der Waals surface area (Å²) in [6, 6.07) is 11.5. The summed E-state index contributed by atoms with van der Waals surface area (Å²) in [6.45, 7) is -0.564. The lowest BCUT2D eigenvalue weighted by Gasteiger charge is -2.24. The van der Waals surface area contributed by atoms with E-state index in [1.165, 1.54) is 36.4 Å². The molecule has 0 aromatic heterocycles. The van der Waals surface area contributed by atoms with Crippen LogP contribution in [0.4, 0.5) is 11.4 Å². The van der Waals surface area contributed by atoms with Crippen LogP contribution in [0.15, 0.2) is 48.5 Å². The van der Waals surface area contributed by atoms with Crippen molar-refractivity contribution in [3.05, 3.63) is 79.9 Å². The van der Waals surface area contributed by atoms with Gasteiger partial charge in [0.1, 0.15) is 24.4 Å². The van der Waals surface area contributed by atoms with Crippen LogP contribution in [0.25, 0.3) is 0 Å². The van der Waals surface area contributed by atoms with Crippen LogP contribution in [0, 0.1) is 20.2 Å². The monoisotopic (exact) mass is 448 g/mol. The number of aliphatic hydroxyl groups is 2. The molecular formula is C20H20N2O10. The lowest BCUT2D eigenvalue weighted by atomic mass is 10.0. The van der Waals surface area contributed by atoms with Crippen LogP contribution in [0.5, 0.6) is 0 Å². The Kier molecular flexibility index (Phi) is 6.41. The molecule has 2 heterocycles. The van der Waals surface area contributed by atoms with Crippen LogP contribution in [0.2, 0.25) is 0 Å². The molecule has 0 amide bonds. The van der Waals surface area contributed by atoms with Gasteiger partial charge in [-0.05, 0) is 0 Å². The molecule has 2 unspecified atom stereocenters. The Balaban J connectivity index is 1.52. The van der Waals surface area contributed by atoms with Crippen molar-refractivity contribution in [2.24, 2.45) is 0 Å². The van der Waals surface area contributed by atoms with E-state index in [0.29, 0.717) is 11.1 Å². The Morgan fingerprint density at radius 3 is 2.09 bits per heavy atom. The highest BCUT2D eigenvalue weighted by molar-refractivity contribution is 5.36. The number of nitro benzene ring substituents is 2. The number of benzene rings is 2. The van der Waals surface area contributed by atoms with Gasteiger partial charge in [-0.1, -0.05) is 24.3 Å². The van der Waals surface area contributed by atoms with Gasteiger partial charge in [0.15, 0.2) is 12.6 Å². The fourth-order valence-corrected chi connectivity index (χ4v) is 3.68. The van der Waals surface area contributed by atoms with E-state index in [4.69, 9.17) is 18.9 Å². The minimum Gasteiger partial charge on any atom is -0.394 e. The molecule has 32 heavy (non-hydrogen) atoms. The van der Waals surface area contributed by atoms with Gasteiger partial charge in [-0.15, -0.1) is 0 Å². The quantitative estimate of drug-likeness (QED) is 0.471. The van der Waals surface area contributed by atoms with Crippen molar-refractivity contribution in [3.63, 3.8) is 0 Å². The number of ether oxygens (including phenoxy) is 4. The molecule has 6 atom stereocenters. The standard InChI is InChI=1S/C20H20N2O10/c23-9-15(24)17-18(32-20(31-17)12-4-2-6-14(8-12)22(27)28)16-10-29-19(30-16)11-3-1-5-13(7-11)21(25)26/h1-8,15-20,23-24H,9-10H2/t15-,16+,17+,18+,19?,20?/m0/s1. The second kappa shape index (κ2) is 9.24. The molecule has 2 aromatic carbocycles. The average Bonchev–Trinajstić information content (AvgIpc) is 3.46. The molecule has 0 bridgehead atoms. The van der Waals surface area contributed by atoms with Crippen LogP contribution in [-0.2, 0) is 18.9 Å². The molecule has 12 heteroatoms. The maximum Gasteiger partial charge on any atom is 0.269 e. The minimum absolute atomic E-state index is 0.0394. The van der Waals surface area contributed by atoms with Gasteiger partial charge in [0.2, 0.25) is 0 Å². The topological polar surface area (TPSA) is 164 Å². The van der Waals surface area contributed by atoms with E-state index in [0.717, 1.165) is 0 Å². The molecule has 2 aliphatic heterocycles. The van der Waals surface area contributed by atoms with E-state index in [9.17, 15) is 30.4 Å². The molecule has 0 radical (unpaired) electrons. The molecule has 2 fully saturated rings. The van der Waals surface area contributed by atoms with Gasteiger partial charge in [0, 0.05) is 35.4 Å². The van der Waals surface area contributed by atoms with Crippen molar-refractivity contribution in [2.45, 2.75) is 37.0 Å². The number of hydrogen-bond donors (Lipinski definition) is 2. The molecule has 2 aliphatic rings. The lowest BCUT2D eigenvalue weighted by Crippen LogP contribution is -2.44. The van der Waals surface area contributed by atoms with Gasteiger partial charge in [0.25, 0.3) is 11.4 Å². The molecular weight excluding hydrogens is 428 g/mol. The van der Waals surface area contributed by atoms with Crippen LogP contribution < -0.4 is 0 Å². The highest BCUT2D eigenvalue weighted by Gasteiger charge is 2.48. The molecule has 0 aliphatic carbocycles. The minimum atomic E-state index is -1.30. The highest BCUT2D eigenvalue weighted by atomic mass is 16.8. The molecule has 2 N–H and O–H groups in total. The van der Waals surface area contributed by atoms with Crippen molar-refractivity contribution in [1.82, 2.24) is 0 Å². The summed E-state index contributed by atoms with van der Waals surface area (Å²) in [4.78, 5) is 21.0. The highest BCUT2D eigenvalue weighted by Crippen LogP contribution is 2.39. The van der Waals surface area contributed by atoms with Crippen molar-refractivity contribution in [3.8, 4) is 0 Å². The van der Waals surface area contributed by atoms with Gasteiger partial charge in [-0.2, -0.15) is 0 Å². The zero-order valence-electron chi connectivity index (χ0n) is 16.6. The molecule has 2 aromatic rings. The molecule has 2 saturated heterocycles. The van der Waals surface area contributed by atoms with Gasteiger partial charge < -0.3 is 29.2 Å². The third-order valence-electron chi connectivity index (χ3n) is 5.23. The first-order valence-corrected chi connectivity index (χ1v) is 9.73. The summed E-state index contributed by atoms with van der Waals surface area (Å²) >= 11 is 0. The summed E-state index contributed by atoms with van der Waals surface area (Å²) in [5.74, 6) is 0. The second-order valence-corrected chi connectivity index (χ2v) is 7.33. The van der Waals surface area contributed by atoms with Crippen LogP contribution in [0.1, 0.15) is 23.7 Å². The number of non-ortho nitro benzene ring substituents is 2. The number of nitrogens with zero attached hydrogens (tertiary/aromatic N) is 2. The number of rotatable bonds is 7. The van der Waals surface area contributed by atoms with E-state index >= 15 is 0 Å². The summed E-state index contributed by atoms with van der Waals surface area (Å²) < 4.78 is 23.2. The van der Waals surface area contributed by atoms with E-state index in [2.05, 4.69) is 0 Å². The average molecular weight is 448 g/mol. The Bertz CT molecular complexity index is 1000. The number of nitro groups is 2. The summed E-state index contributed by atoms with van der Waals surface area (Å²) in [5.41, 5.74) is 0.544. The zero-order valence-corrected chi connectivity index (χ0v) is 16.6. The maximum atomic E-state index is 11.1. The Morgan fingerprint density at radius 1 is 0.938 bits per heavy atom. The molecule has 170 valence electrons. The third-order valence-corrected chi connectivity index (χ3v) is 5.23. The first-order valence-electron chi connectivity index (χ1n) is 9.73. The largest absolute Gasteiger partial charge is 0.394 e. The van der Waals surface area contributed by atoms with Crippen LogP contribution >= 0.6 is 0 Å². The molecule has 0 spiro atoms. The predicted octanol–water partition coefficient (Wildman–Crippen LogP) is 1.75. The Morgan fingerprint density at radius 2 is 1.53 bits per heavy atom. The fraction of sp³-hybridized carbons (Fsp3) is 0.400. The van der Waals surface area contributed by atoms with Crippen LogP contribution in [0.3, 0.4) is 0 Å². The van der Waals surface area contributed by atoms with E-state index < -0.39 is 53.4 Å². The summed E-state index contributed by atoms with van der Waals surface area (Å²) in [7, 11) is 0. The van der Waals surface area contributed by atoms with Crippen molar-refractivity contribution in [1.29, 1.82) is 0 Å². The number of aliphatic hydroxyl groups excluding tert-OH is 2. The summed E-state index contributed by atoms with van der Waals surface area (Å²) in [5, 5.41) is 41.8. The second-order valence-electron chi connectivity index (χ2n) is 7.33. The predicted molar refractivity (Wildman–Crippen MR) is 105 cm³/mol. The van der Waals surface area contributed by atoms with E-state index in [-0.39, 0.29) is 18.0 Å². The van der Waals surface area contributed by atoms with Crippen molar-refractivity contribution in [2.75, 3.05) is 13.2 Å². The molecule has 4 rings (SSSR count). The molecule has 0 saturated carbocycles. The van der Waals surface area contributed by atoms with Gasteiger partial charge in [0.05, 0.1) is 23.1 Å². The first-order chi connectivity index (χ1) is 15.4. The van der Waals surface area contributed by atoms with Crippen LogP contribution in [-0.4, -0.2) is 57.7 Å². The normalized spacial score (nSPS) is 28.5. The van der Waals surface area contributed by atoms with E-state index in [1.54, 1.807) is 12.1 Å². The van der Waals surface area contributed by atoms with Gasteiger partial charge in [-0.25, -0.2) is 0 Å². The Labute approximate surface area is 181 Å². The Hall–Kier alpha value is -3.00. The fourth-order valence-electron chi connectivity index (χ4n) is 3.68. The third kappa shape index (κ3) is 4.46. The first kappa shape index (κ1) is 22.2. The maximum absolute atomic E-state index is 11.1.